The summed E-state index contributed by atoms with van der Waals surface area (Å²) in [5, 5.41) is 12.0. The Morgan fingerprint density at radius 1 is 1.58 bits per heavy atom. The Hall–Kier alpha value is -1.69. The minimum absolute atomic E-state index is 0.0424. The Morgan fingerprint density at radius 2 is 2.32 bits per heavy atom. The van der Waals surface area contributed by atoms with E-state index in [0.717, 1.165) is 6.07 Å². The fraction of sp³-hybridized carbons (Fsp3) is 0.462. The first kappa shape index (κ1) is 13.7. The van der Waals surface area contributed by atoms with Gasteiger partial charge in [0.1, 0.15) is 6.67 Å². The lowest BCUT2D eigenvalue weighted by molar-refractivity contribution is -0.141. The molecule has 0 aliphatic carbocycles. The normalized spacial score (nSPS) is 22.5. The van der Waals surface area contributed by atoms with Crippen molar-refractivity contribution in [2.45, 2.75) is 19.1 Å². The zero-order valence-electron chi connectivity index (χ0n) is 10.5. The summed E-state index contributed by atoms with van der Waals surface area (Å²) in [6, 6.07) is 2.27. The number of carboxylic acids is 1. The van der Waals surface area contributed by atoms with Gasteiger partial charge in [-0.1, -0.05) is 0 Å². The van der Waals surface area contributed by atoms with Crippen molar-refractivity contribution in [2.75, 3.05) is 13.7 Å². The summed E-state index contributed by atoms with van der Waals surface area (Å²) < 4.78 is 31.5. The van der Waals surface area contributed by atoms with Crippen molar-refractivity contribution in [3.8, 4) is 5.75 Å². The van der Waals surface area contributed by atoms with E-state index in [9.17, 15) is 13.6 Å². The second-order valence-electron chi connectivity index (χ2n) is 4.57. The first-order chi connectivity index (χ1) is 9.06. The summed E-state index contributed by atoms with van der Waals surface area (Å²) in [6.45, 7) is -0.465. The smallest absolute Gasteiger partial charge is 0.307 e. The largest absolute Gasteiger partial charge is 0.493 e. The molecule has 0 amide bonds. The lowest BCUT2D eigenvalue weighted by Crippen LogP contribution is -2.17. The molecule has 1 aromatic carbocycles. The van der Waals surface area contributed by atoms with Gasteiger partial charge in [-0.15, -0.1) is 0 Å². The van der Waals surface area contributed by atoms with Crippen molar-refractivity contribution in [2.24, 2.45) is 5.92 Å². The average molecular weight is 271 g/mol. The second kappa shape index (κ2) is 5.52. The molecule has 2 unspecified atom stereocenters. The molecule has 6 heteroatoms. The monoisotopic (exact) mass is 271 g/mol. The Morgan fingerprint density at radius 3 is 2.84 bits per heavy atom. The van der Waals surface area contributed by atoms with E-state index in [4.69, 9.17) is 9.84 Å². The predicted octanol–water partition coefficient (Wildman–Crippen LogP) is 2.04. The van der Waals surface area contributed by atoms with Crippen LogP contribution in [0.25, 0.3) is 0 Å². The molecule has 0 bridgehead atoms. The lowest BCUT2D eigenvalue weighted by atomic mass is 9.97. The molecule has 0 aromatic heterocycles. The van der Waals surface area contributed by atoms with Crippen LogP contribution in [0.2, 0.25) is 0 Å². The number of hydrogen-bond donors (Lipinski definition) is 2. The van der Waals surface area contributed by atoms with Gasteiger partial charge < -0.3 is 15.2 Å². The highest BCUT2D eigenvalue weighted by atomic mass is 19.1. The summed E-state index contributed by atoms with van der Waals surface area (Å²) in [7, 11) is 1.33. The predicted molar refractivity (Wildman–Crippen MR) is 64.3 cm³/mol. The average Bonchev–Trinajstić information content (AvgIpc) is 2.87. The molecule has 1 aliphatic heterocycles. The van der Waals surface area contributed by atoms with E-state index in [2.05, 4.69) is 5.32 Å². The summed E-state index contributed by atoms with van der Waals surface area (Å²) in [5.74, 6) is -2.00. The topological polar surface area (TPSA) is 58.6 Å². The summed E-state index contributed by atoms with van der Waals surface area (Å²) >= 11 is 0. The number of alkyl halides is 1. The van der Waals surface area contributed by atoms with E-state index in [-0.39, 0.29) is 17.4 Å². The van der Waals surface area contributed by atoms with Crippen LogP contribution in [-0.2, 0) is 11.5 Å². The van der Waals surface area contributed by atoms with Crippen molar-refractivity contribution in [3.05, 3.63) is 29.1 Å². The molecular formula is C13H15F2NO3. The Balaban J connectivity index is 2.33. The van der Waals surface area contributed by atoms with E-state index in [0.29, 0.717) is 18.5 Å². The molecule has 0 radical (unpaired) electrons. The molecule has 1 fully saturated rings. The minimum Gasteiger partial charge on any atom is -0.493 e. The molecule has 19 heavy (non-hydrogen) atoms. The molecule has 2 rings (SSSR count). The zero-order chi connectivity index (χ0) is 14.0. The quantitative estimate of drug-likeness (QED) is 0.879. The standard InChI is InChI=1S/C13H15F2NO3/c1-19-12-9(2-7(5-14)3-10(12)15)11-4-8(6-16-11)13(17)18/h2-3,8,11,16H,4-6H2,1H3,(H,17,18). The molecule has 1 saturated heterocycles. The molecule has 1 aliphatic rings. The van der Waals surface area contributed by atoms with Crippen molar-refractivity contribution >= 4 is 5.97 Å². The van der Waals surface area contributed by atoms with Gasteiger partial charge >= 0.3 is 5.97 Å². The first-order valence-corrected chi connectivity index (χ1v) is 5.95. The van der Waals surface area contributed by atoms with Crippen LogP contribution >= 0.6 is 0 Å². The molecular weight excluding hydrogens is 256 g/mol. The number of carbonyl (C=O) groups is 1. The van der Waals surface area contributed by atoms with Gasteiger partial charge in [0.15, 0.2) is 11.6 Å². The summed E-state index contributed by atoms with van der Waals surface area (Å²) in [4.78, 5) is 10.9. The third kappa shape index (κ3) is 2.68. The number of ether oxygens (including phenoxy) is 1. The molecule has 1 heterocycles. The van der Waals surface area contributed by atoms with Crippen LogP contribution in [0.3, 0.4) is 0 Å². The van der Waals surface area contributed by atoms with Crippen molar-refractivity contribution < 1.29 is 23.4 Å². The van der Waals surface area contributed by atoms with Crippen molar-refractivity contribution in [1.29, 1.82) is 0 Å². The van der Waals surface area contributed by atoms with E-state index in [1.165, 1.54) is 13.2 Å². The van der Waals surface area contributed by atoms with Gasteiger partial charge in [0.05, 0.1) is 13.0 Å². The fourth-order valence-corrected chi connectivity index (χ4v) is 2.39. The Labute approximate surface area is 109 Å². The van der Waals surface area contributed by atoms with Gasteiger partial charge in [0.25, 0.3) is 0 Å². The van der Waals surface area contributed by atoms with Gasteiger partial charge in [-0.3, -0.25) is 4.79 Å². The Bertz CT molecular complexity index is 493. The van der Waals surface area contributed by atoms with Crippen LogP contribution in [0.4, 0.5) is 8.78 Å². The number of rotatable bonds is 4. The number of aliphatic carboxylic acids is 1. The van der Waals surface area contributed by atoms with Crippen LogP contribution in [0.15, 0.2) is 12.1 Å². The van der Waals surface area contributed by atoms with E-state index in [1.807, 2.05) is 0 Å². The summed E-state index contributed by atoms with van der Waals surface area (Å²) in [5.41, 5.74) is 0.688. The van der Waals surface area contributed by atoms with Crippen LogP contribution in [-0.4, -0.2) is 24.7 Å². The van der Waals surface area contributed by atoms with Crippen LogP contribution in [0, 0.1) is 11.7 Å². The van der Waals surface area contributed by atoms with Crippen LogP contribution in [0.1, 0.15) is 23.6 Å². The van der Waals surface area contributed by atoms with Gasteiger partial charge in [0, 0.05) is 18.2 Å². The number of nitrogens with one attached hydrogen (secondary N) is 1. The van der Waals surface area contributed by atoms with Gasteiger partial charge in [-0.25, -0.2) is 8.78 Å². The maximum absolute atomic E-state index is 13.8. The summed E-state index contributed by atoms with van der Waals surface area (Å²) in [6.07, 6.45) is 0.334. The zero-order valence-corrected chi connectivity index (χ0v) is 10.5. The second-order valence-corrected chi connectivity index (χ2v) is 4.57. The highest BCUT2D eigenvalue weighted by Gasteiger charge is 2.32. The van der Waals surface area contributed by atoms with E-state index in [1.54, 1.807) is 0 Å². The number of carboxylic acid groups (broad SMARTS) is 1. The molecule has 2 N–H and O–H groups in total. The number of methoxy groups -OCH3 is 1. The molecule has 0 spiro atoms. The fourth-order valence-electron chi connectivity index (χ4n) is 2.39. The van der Waals surface area contributed by atoms with Crippen molar-refractivity contribution in [3.63, 3.8) is 0 Å². The third-order valence-corrected chi connectivity index (χ3v) is 3.35. The number of hydrogen-bond acceptors (Lipinski definition) is 3. The maximum atomic E-state index is 13.8. The molecule has 2 atom stereocenters. The van der Waals surface area contributed by atoms with Gasteiger partial charge in [0.2, 0.25) is 0 Å². The highest BCUT2D eigenvalue weighted by Crippen LogP contribution is 2.35. The molecule has 1 aromatic rings. The SMILES string of the molecule is COc1c(F)cc(CF)cc1C1CC(C(=O)O)CN1. The highest BCUT2D eigenvalue weighted by molar-refractivity contribution is 5.71. The first-order valence-electron chi connectivity index (χ1n) is 5.95. The van der Waals surface area contributed by atoms with E-state index >= 15 is 0 Å². The van der Waals surface area contributed by atoms with Crippen LogP contribution in [0.5, 0.6) is 5.75 Å². The molecule has 0 saturated carbocycles. The van der Waals surface area contributed by atoms with Crippen LogP contribution < -0.4 is 10.1 Å². The number of halogens is 2. The van der Waals surface area contributed by atoms with Gasteiger partial charge in [-0.2, -0.15) is 0 Å². The lowest BCUT2D eigenvalue weighted by Gasteiger charge is -2.16. The number of benzene rings is 1. The molecule has 104 valence electrons. The van der Waals surface area contributed by atoms with E-state index < -0.39 is 24.4 Å². The third-order valence-electron chi connectivity index (χ3n) is 3.35. The maximum Gasteiger partial charge on any atom is 0.307 e. The molecule has 4 nitrogen and oxygen atoms in total. The van der Waals surface area contributed by atoms with Crippen molar-refractivity contribution in [1.82, 2.24) is 5.32 Å². The minimum atomic E-state index is -0.893. The van der Waals surface area contributed by atoms with Gasteiger partial charge in [-0.05, 0) is 24.1 Å². The Kier molecular flexibility index (Phi) is 3.99.